The quantitative estimate of drug-likeness (QED) is 0.294. The molecular weight excluding hydrogens is 527 g/mol. The number of hydrogen-bond acceptors (Lipinski definition) is 8. The standard InChI is InChI=1S/C30H41FN6O4/c1-20(37(5)29(39)41-30(2,3)4)27(38)34-24-11-7-9-21(17-24)13-14-22-19-33-28(36-26(22)32-15-16-40-6)35-25-12-8-10-23(31)18-25/h8,10,12,18-21,24H,7,9,11,15-17H2,1-6H3,(H,34,38)(H2,32,33,35,36)/t20-,21?,24-/m0/s1. The minimum absolute atomic E-state index is 0.0431. The Morgan fingerprint density at radius 3 is 2.76 bits per heavy atom. The molecule has 1 saturated carbocycles. The molecule has 1 fully saturated rings. The summed E-state index contributed by atoms with van der Waals surface area (Å²) in [5.74, 6) is 6.90. The van der Waals surface area contributed by atoms with Gasteiger partial charge >= 0.3 is 6.09 Å². The van der Waals surface area contributed by atoms with E-state index in [1.54, 1.807) is 60.2 Å². The number of nitrogens with one attached hydrogen (secondary N) is 3. The number of ether oxygens (including phenoxy) is 2. The molecule has 1 aromatic heterocycles. The number of benzene rings is 1. The Bertz CT molecular complexity index is 1260. The van der Waals surface area contributed by atoms with Crippen molar-refractivity contribution >= 4 is 29.5 Å². The van der Waals surface area contributed by atoms with Crippen LogP contribution in [0.2, 0.25) is 0 Å². The summed E-state index contributed by atoms with van der Waals surface area (Å²) in [6, 6.07) is 5.35. The highest BCUT2D eigenvalue weighted by Crippen LogP contribution is 2.25. The van der Waals surface area contributed by atoms with Crippen LogP contribution in [0, 0.1) is 23.6 Å². The van der Waals surface area contributed by atoms with E-state index < -0.39 is 17.7 Å². The zero-order chi connectivity index (χ0) is 30.0. The van der Waals surface area contributed by atoms with E-state index in [1.165, 1.54) is 17.0 Å². The molecule has 10 nitrogen and oxygen atoms in total. The molecule has 0 aliphatic heterocycles. The first-order valence-corrected chi connectivity index (χ1v) is 13.9. The van der Waals surface area contributed by atoms with Gasteiger partial charge in [-0.15, -0.1) is 0 Å². The third kappa shape index (κ3) is 10.2. The second-order valence-electron chi connectivity index (χ2n) is 11.1. The summed E-state index contributed by atoms with van der Waals surface area (Å²) < 4.78 is 24.1. The molecule has 0 radical (unpaired) electrons. The number of carbonyl (C=O) groups is 2. The second kappa shape index (κ2) is 14.6. The summed E-state index contributed by atoms with van der Waals surface area (Å²) in [5, 5.41) is 9.32. The molecule has 1 aromatic carbocycles. The van der Waals surface area contributed by atoms with Crippen molar-refractivity contribution < 1.29 is 23.5 Å². The lowest BCUT2D eigenvalue weighted by molar-refractivity contribution is -0.126. The highest BCUT2D eigenvalue weighted by atomic mass is 19.1. The Hall–Kier alpha value is -3.91. The first kappa shape index (κ1) is 31.6. The minimum Gasteiger partial charge on any atom is -0.444 e. The SMILES string of the molecule is COCCNc1nc(Nc2cccc(F)c2)ncc1C#CC1CCC[C@H](NC(=O)[C@H](C)N(C)C(=O)OC(C)(C)C)C1. The molecule has 1 heterocycles. The van der Waals surface area contributed by atoms with Gasteiger partial charge in [0.05, 0.1) is 18.4 Å². The second-order valence-corrected chi connectivity index (χ2v) is 11.1. The summed E-state index contributed by atoms with van der Waals surface area (Å²) in [6.45, 7) is 8.05. The van der Waals surface area contributed by atoms with Crippen LogP contribution in [-0.2, 0) is 14.3 Å². The molecule has 0 saturated heterocycles. The average molecular weight is 569 g/mol. The van der Waals surface area contributed by atoms with E-state index in [9.17, 15) is 14.0 Å². The largest absolute Gasteiger partial charge is 0.444 e. The number of anilines is 3. The Morgan fingerprint density at radius 1 is 1.27 bits per heavy atom. The Kier molecular flexibility index (Phi) is 11.3. The number of nitrogens with zero attached hydrogens (tertiary/aromatic N) is 3. The van der Waals surface area contributed by atoms with Gasteiger partial charge in [-0.05, 0) is 65.2 Å². The predicted octanol–water partition coefficient (Wildman–Crippen LogP) is 4.70. The van der Waals surface area contributed by atoms with Crippen LogP contribution in [0.4, 0.5) is 26.6 Å². The van der Waals surface area contributed by atoms with Gasteiger partial charge < -0.3 is 25.4 Å². The molecule has 1 unspecified atom stereocenters. The van der Waals surface area contributed by atoms with Gasteiger partial charge in [0.25, 0.3) is 0 Å². The van der Waals surface area contributed by atoms with Gasteiger partial charge in [0.2, 0.25) is 11.9 Å². The van der Waals surface area contributed by atoms with E-state index in [2.05, 4.69) is 37.8 Å². The predicted molar refractivity (Wildman–Crippen MR) is 156 cm³/mol. The maximum absolute atomic E-state index is 13.6. The molecule has 2 amide bonds. The Morgan fingerprint density at radius 2 is 2.05 bits per heavy atom. The lowest BCUT2D eigenvalue weighted by Gasteiger charge is -2.31. The van der Waals surface area contributed by atoms with E-state index >= 15 is 0 Å². The normalized spacial score (nSPS) is 17.4. The summed E-state index contributed by atoms with van der Waals surface area (Å²) >= 11 is 0. The number of carbonyl (C=O) groups excluding carboxylic acids is 2. The van der Waals surface area contributed by atoms with Crippen LogP contribution in [0.15, 0.2) is 30.5 Å². The number of likely N-dealkylation sites (N-methyl/N-ethyl adjacent to an activating group) is 1. The van der Waals surface area contributed by atoms with Crippen LogP contribution >= 0.6 is 0 Å². The fourth-order valence-electron chi connectivity index (χ4n) is 4.26. The van der Waals surface area contributed by atoms with Gasteiger partial charge in [0.15, 0.2) is 0 Å². The molecule has 41 heavy (non-hydrogen) atoms. The van der Waals surface area contributed by atoms with Gasteiger partial charge in [-0.3, -0.25) is 9.69 Å². The maximum atomic E-state index is 13.6. The molecule has 3 N–H and O–H groups in total. The van der Waals surface area contributed by atoms with Gasteiger partial charge in [0, 0.05) is 38.3 Å². The first-order valence-electron chi connectivity index (χ1n) is 13.9. The van der Waals surface area contributed by atoms with Crippen LogP contribution in [-0.4, -0.2) is 71.9 Å². The minimum atomic E-state index is -0.673. The van der Waals surface area contributed by atoms with E-state index in [-0.39, 0.29) is 23.7 Å². The van der Waals surface area contributed by atoms with Crippen LogP contribution in [0.25, 0.3) is 0 Å². The van der Waals surface area contributed by atoms with Crippen LogP contribution in [0.5, 0.6) is 0 Å². The zero-order valence-electron chi connectivity index (χ0n) is 24.7. The summed E-state index contributed by atoms with van der Waals surface area (Å²) in [6.07, 6.45) is 4.48. The lowest BCUT2D eigenvalue weighted by Crippen LogP contribution is -2.50. The van der Waals surface area contributed by atoms with Gasteiger partial charge in [-0.25, -0.2) is 14.2 Å². The summed E-state index contributed by atoms with van der Waals surface area (Å²) in [4.78, 5) is 35.5. The van der Waals surface area contributed by atoms with Crippen LogP contribution in [0.1, 0.15) is 58.9 Å². The molecule has 2 aromatic rings. The fraction of sp³-hybridized carbons (Fsp3) is 0.533. The molecule has 222 valence electrons. The number of aromatic nitrogens is 2. The smallest absolute Gasteiger partial charge is 0.410 e. The van der Waals surface area contributed by atoms with E-state index in [0.717, 1.165) is 19.3 Å². The van der Waals surface area contributed by atoms with Gasteiger partial charge in [-0.2, -0.15) is 4.98 Å². The molecule has 3 atom stereocenters. The molecule has 1 aliphatic rings. The molecule has 0 spiro atoms. The van der Waals surface area contributed by atoms with Crippen molar-refractivity contribution in [3.05, 3.63) is 41.8 Å². The monoisotopic (exact) mass is 568 g/mol. The Labute approximate surface area is 241 Å². The van der Waals surface area contributed by atoms with Gasteiger partial charge in [-0.1, -0.05) is 24.3 Å². The third-order valence-electron chi connectivity index (χ3n) is 6.54. The van der Waals surface area contributed by atoms with Crippen molar-refractivity contribution in [1.29, 1.82) is 0 Å². The highest BCUT2D eigenvalue weighted by Gasteiger charge is 2.29. The van der Waals surface area contributed by atoms with Crippen molar-refractivity contribution in [2.45, 2.75) is 71.1 Å². The highest BCUT2D eigenvalue weighted by molar-refractivity contribution is 5.85. The maximum Gasteiger partial charge on any atom is 0.410 e. The molecular formula is C30H41FN6O4. The Balaban J connectivity index is 1.65. The van der Waals surface area contributed by atoms with E-state index in [1.807, 2.05) is 0 Å². The molecule has 3 rings (SSSR count). The third-order valence-corrected chi connectivity index (χ3v) is 6.54. The van der Waals surface area contributed by atoms with Crippen molar-refractivity contribution in [2.75, 3.05) is 37.9 Å². The van der Waals surface area contributed by atoms with Crippen molar-refractivity contribution in [1.82, 2.24) is 20.2 Å². The van der Waals surface area contributed by atoms with Crippen molar-refractivity contribution in [3.8, 4) is 11.8 Å². The zero-order valence-corrected chi connectivity index (χ0v) is 24.7. The number of halogens is 1. The van der Waals surface area contributed by atoms with E-state index in [0.29, 0.717) is 42.6 Å². The molecule has 11 heteroatoms. The average Bonchev–Trinajstić information content (AvgIpc) is 2.91. The fourth-order valence-corrected chi connectivity index (χ4v) is 4.26. The number of rotatable bonds is 9. The number of amides is 2. The molecule has 1 aliphatic carbocycles. The summed E-state index contributed by atoms with van der Waals surface area (Å²) in [7, 11) is 3.18. The summed E-state index contributed by atoms with van der Waals surface area (Å²) in [5.41, 5.74) is 0.525. The lowest BCUT2D eigenvalue weighted by atomic mass is 9.86. The van der Waals surface area contributed by atoms with E-state index in [4.69, 9.17) is 9.47 Å². The van der Waals surface area contributed by atoms with Gasteiger partial charge in [0.1, 0.15) is 23.3 Å². The van der Waals surface area contributed by atoms with Crippen molar-refractivity contribution in [2.24, 2.45) is 5.92 Å². The molecule has 0 bridgehead atoms. The topological polar surface area (TPSA) is 118 Å². The van der Waals surface area contributed by atoms with Crippen LogP contribution < -0.4 is 16.0 Å². The number of hydrogen-bond donors (Lipinski definition) is 3. The van der Waals surface area contributed by atoms with Crippen LogP contribution in [0.3, 0.4) is 0 Å². The number of methoxy groups -OCH3 is 1. The van der Waals surface area contributed by atoms with Crippen molar-refractivity contribution in [3.63, 3.8) is 0 Å². The first-order chi connectivity index (χ1) is 19.4.